The summed E-state index contributed by atoms with van der Waals surface area (Å²) in [5, 5.41) is 17.7. The standard InChI is InChI=1S/C52H28N2S2/c1-3-11-45-37(9-1)51-47(55-45)19-17-35-39-28-40-34(23-33(39)24-41(49(35)51)31-15-13-29-7-5-21-53-43(29)26-31)25-42(32-16-14-30-8-6-22-54-44(30)27-32)50-36(40)18-20-48-52(50)38-10-2-4-12-46(38)56-48/h1-28H. The number of nitrogens with zero attached hydrogens (tertiary/aromatic N) is 2. The van der Waals surface area contributed by atoms with E-state index in [9.17, 15) is 0 Å². The molecule has 0 N–H and O–H groups in total. The van der Waals surface area contributed by atoms with Crippen molar-refractivity contribution < 1.29 is 0 Å². The number of thiophene rings is 2. The van der Waals surface area contributed by atoms with Gasteiger partial charge in [0.05, 0.1) is 11.0 Å². The topological polar surface area (TPSA) is 25.8 Å². The highest BCUT2D eigenvalue weighted by Crippen LogP contribution is 2.49. The van der Waals surface area contributed by atoms with Crippen LogP contribution < -0.4 is 0 Å². The van der Waals surface area contributed by atoms with Gasteiger partial charge in [-0.15, -0.1) is 22.7 Å². The van der Waals surface area contributed by atoms with E-state index in [1.165, 1.54) is 106 Å². The quantitative estimate of drug-likeness (QED) is 0.130. The SMILES string of the molecule is c1cnc2cc(-c3cc4cc5cc(-c6ccc7cccnc7c6)c6c(ccc7sc8ccccc8c76)c5cc4c4ccc5sc6ccccc6c5c34)ccc2c1. The van der Waals surface area contributed by atoms with Gasteiger partial charge in [-0.3, -0.25) is 9.97 Å². The molecule has 0 amide bonds. The lowest BCUT2D eigenvalue weighted by Gasteiger charge is -2.17. The molecule has 2 nitrogen and oxygen atoms in total. The molecule has 0 saturated heterocycles. The highest BCUT2D eigenvalue weighted by atomic mass is 32.1. The Kier molecular flexibility index (Phi) is 6.23. The van der Waals surface area contributed by atoms with Crippen molar-refractivity contribution in [2.24, 2.45) is 0 Å². The fourth-order valence-corrected chi connectivity index (χ4v) is 11.6. The summed E-state index contributed by atoms with van der Waals surface area (Å²) in [6, 6.07) is 58.7. The van der Waals surface area contributed by atoms with E-state index in [1.54, 1.807) is 0 Å². The van der Waals surface area contributed by atoms with Gasteiger partial charge in [0.15, 0.2) is 0 Å². The summed E-state index contributed by atoms with van der Waals surface area (Å²) in [5.41, 5.74) is 6.85. The van der Waals surface area contributed by atoms with Crippen molar-refractivity contribution in [1.82, 2.24) is 9.97 Å². The Labute approximate surface area is 328 Å². The first-order valence-electron chi connectivity index (χ1n) is 19.0. The van der Waals surface area contributed by atoms with E-state index in [0.29, 0.717) is 0 Å². The van der Waals surface area contributed by atoms with Gasteiger partial charge < -0.3 is 0 Å². The van der Waals surface area contributed by atoms with Crippen LogP contribution in [0.2, 0.25) is 0 Å². The Hall–Kier alpha value is -6.72. The first kappa shape index (κ1) is 30.6. The van der Waals surface area contributed by atoms with Crippen LogP contribution >= 0.6 is 22.7 Å². The molecule has 0 unspecified atom stereocenters. The van der Waals surface area contributed by atoms with Crippen LogP contribution in [0.4, 0.5) is 0 Å². The Morgan fingerprint density at radius 1 is 0.304 bits per heavy atom. The summed E-state index contributed by atoms with van der Waals surface area (Å²) in [7, 11) is 0. The van der Waals surface area contributed by atoms with E-state index in [0.717, 1.165) is 21.8 Å². The van der Waals surface area contributed by atoms with Gasteiger partial charge in [-0.1, -0.05) is 84.9 Å². The maximum atomic E-state index is 4.77. The average molecular weight is 745 g/mol. The monoisotopic (exact) mass is 744 g/mol. The maximum absolute atomic E-state index is 4.77. The number of rotatable bonds is 2. The second-order valence-electron chi connectivity index (χ2n) is 14.9. The van der Waals surface area contributed by atoms with Crippen LogP contribution in [0.5, 0.6) is 0 Å². The second kappa shape index (κ2) is 11.4. The van der Waals surface area contributed by atoms with Gasteiger partial charge in [0, 0.05) is 63.5 Å². The molecule has 0 aliphatic rings. The Morgan fingerprint density at radius 3 is 1.32 bits per heavy atom. The third-order valence-electron chi connectivity index (χ3n) is 11.9. The van der Waals surface area contributed by atoms with Crippen molar-refractivity contribution in [2.75, 3.05) is 0 Å². The summed E-state index contributed by atoms with van der Waals surface area (Å²) < 4.78 is 5.25. The van der Waals surface area contributed by atoms with Crippen LogP contribution in [-0.4, -0.2) is 9.97 Å². The third-order valence-corrected chi connectivity index (χ3v) is 14.1. The van der Waals surface area contributed by atoms with Gasteiger partial charge in [0.2, 0.25) is 0 Å². The van der Waals surface area contributed by atoms with Gasteiger partial charge in [-0.2, -0.15) is 0 Å². The summed E-state index contributed by atoms with van der Waals surface area (Å²) in [4.78, 5) is 9.55. The van der Waals surface area contributed by atoms with Gasteiger partial charge in [-0.25, -0.2) is 0 Å². The molecule has 9 aromatic carbocycles. The molecule has 0 aliphatic heterocycles. The van der Waals surface area contributed by atoms with Crippen molar-refractivity contribution in [1.29, 1.82) is 0 Å². The van der Waals surface area contributed by atoms with Crippen molar-refractivity contribution >= 4 is 128 Å². The fourth-order valence-electron chi connectivity index (χ4n) is 9.36. The van der Waals surface area contributed by atoms with E-state index in [4.69, 9.17) is 9.97 Å². The van der Waals surface area contributed by atoms with Gasteiger partial charge in [0.1, 0.15) is 0 Å². The Bertz CT molecular complexity index is 3590. The van der Waals surface area contributed by atoms with Crippen molar-refractivity contribution in [2.45, 2.75) is 0 Å². The van der Waals surface area contributed by atoms with Crippen LogP contribution in [0.25, 0.3) is 127 Å². The van der Waals surface area contributed by atoms with Crippen molar-refractivity contribution in [3.05, 3.63) is 170 Å². The molecule has 4 heteroatoms. The highest BCUT2D eigenvalue weighted by molar-refractivity contribution is 7.26. The van der Waals surface area contributed by atoms with E-state index in [2.05, 4.69) is 146 Å². The normalized spacial score (nSPS) is 12.3. The van der Waals surface area contributed by atoms with Gasteiger partial charge in [-0.05, 0) is 138 Å². The molecule has 0 saturated carbocycles. The maximum Gasteiger partial charge on any atom is 0.0708 e. The van der Waals surface area contributed by atoms with Crippen molar-refractivity contribution in [3.63, 3.8) is 0 Å². The molecule has 0 bridgehead atoms. The third kappa shape index (κ3) is 4.31. The minimum atomic E-state index is 1.01. The smallest absolute Gasteiger partial charge is 0.0708 e. The van der Waals surface area contributed by atoms with Crippen molar-refractivity contribution in [3.8, 4) is 22.3 Å². The molecule has 56 heavy (non-hydrogen) atoms. The van der Waals surface area contributed by atoms with Crippen LogP contribution in [0.15, 0.2) is 170 Å². The summed E-state index contributed by atoms with van der Waals surface area (Å²) in [5.74, 6) is 0. The lowest BCUT2D eigenvalue weighted by Crippen LogP contribution is -1.90. The fraction of sp³-hybridized carbons (Fsp3) is 0. The van der Waals surface area contributed by atoms with E-state index in [1.807, 2.05) is 47.2 Å². The Balaban J connectivity index is 1.20. The summed E-state index contributed by atoms with van der Waals surface area (Å²) in [6.45, 7) is 0. The van der Waals surface area contributed by atoms with E-state index in [-0.39, 0.29) is 0 Å². The predicted molar refractivity (Wildman–Crippen MR) is 244 cm³/mol. The average Bonchev–Trinajstić information content (AvgIpc) is 3.83. The van der Waals surface area contributed by atoms with Crippen LogP contribution in [0.3, 0.4) is 0 Å². The minimum Gasteiger partial charge on any atom is -0.256 e. The second-order valence-corrected chi connectivity index (χ2v) is 17.1. The zero-order chi connectivity index (χ0) is 36.5. The van der Waals surface area contributed by atoms with E-state index < -0.39 is 0 Å². The minimum absolute atomic E-state index is 1.01. The molecule has 0 radical (unpaired) electrons. The largest absolute Gasteiger partial charge is 0.256 e. The van der Waals surface area contributed by atoms with Gasteiger partial charge in [0.25, 0.3) is 0 Å². The molecule has 0 atom stereocenters. The number of aromatic nitrogens is 2. The lowest BCUT2D eigenvalue weighted by atomic mass is 9.86. The molecule has 4 heterocycles. The number of pyridine rings is 2. The highest BCUT2D eigenvalue weighted by Gasteiger charge is 2.20. The molecular weight excluding hydrogens is 717 g/mol. The number of fused-ring (bicyclic) bond motifs is 16. The number of hydrogen-bond donors (Lipinski definition) is 0. The summed E-state index contributed by atoms with van der Waals surface area (Å²) >= 11 is 3.76. The molecule has 258 valence electrons. The predicted octanol–water partition coefficient (Wildman–Crippen LogP) is 15.5. The van der Waals surface area contributed by atoms with Crippen LogP contribution in [-0.2, 0) is 0 Å². The molecule has 0 fully saturated rings. The van der Waals surface area contributed by atoms with Crippen LogP contribution in [0.1, 0.15) is 0 Å². The van der Waals surface area contributed by atoms with Gasteiger partial charge >= 0.3 is 0 Å². The Morgan fingerprint density at radius 2 is 0.804 bits per heavy atom. The molecule has 0 aliphatic carbocycles. The molecule has 13 rings (SSSR count). The zero-order valence-corrected chi connectivity index (χ0v) is 31.5. The van der Waals surface area contributed by atoms with E-state index >= 15 is 0 Å². The number of hydrogen-bond acceptors (Lipinski definition) is 4. The summed E-state index contributed by atoms with van der Waals surface area (Å²) in [6.07, 6.45) is 3.78. The first-order chi connectivity index (χ1) is 27.7. The molecule has 13 aromatic rings. The molecule has 0 spiro atoms. The number of benzene rings is 9. The molecular formula is C52H28N2S2. The first-order valence-corrected chi connectivity index (χ1v) is 20.6. The molecule has 4 aromatic heterocycles. The van der Waals surface area contributed by atoms with Crippen LogP contribution in [0, 0.1) is 0 Å². The zero-order valence-electron chi connectivity index (χ0n) is 29.9. The lowest BCUT2D eigenvalue weighted by molar-refractivity contribution is 1.41.